The van der Waals surface area contributed by atoms with Crippen molar-refractivity contribution in [1.82, 2.24) is 5.32 Å². The van der Waals surface area contributed by atoms with E-state index in [9.17, 15) is 4.79 Å². The second kappa shape index (κ2) is 6.65. The highest BCUT2D eigenvalue weighted by atomic mass is 16.2. The molecule has 1 rings (SSSR count). The standard InChI is InChI=1S/C13H16N2O/c1-3-10-14-11-13(16)15(4-2)12-8-6-5-7-9-12/h1,5-9,14H,4,10-11H2,2H3. The summed E-state index contributed by atoms with van der Waals surface area (Å²) >= 11 is 0. The number of nitrogens with one attached hydrogen (secondary N) is 1. The molecule has 1 aromatic rings. The number of terminal acetylenes is 1. The van der Waals surface area contributed by atoms with Crippen LogP contribution in [0.4, 0.5) is 5.69 Å². The van der Waals surface area contributed by atoms with E-state index in [2.05, 4.69) is 11.2 Å². The Hall–Kier alpha value is -1.79. The van der Waals surface area contributed by atoms with Crippen molar-refractivity contribution in [3.8, 4) is 12.3 Å². The van der Waals surface area contributed by atoms with Crippen molar-refractivity contribution < 1.29 is 4.79 Å². The van der Waals surface area contributed by atoms with Gasteiger partial charge >= 0.3 is 0 Å². The molecule has 0 saturated carbocycles. The molecule has 84 valence electrons. The van der Waals surface area contributed by atoms with Gasteiger partial charge in [-0.15, -0.1) is 6.42 Å². The lowest BCUT2D eigenvalue weighted by Gasteiger charge is -2.20. The van der Waals surface area contributed by atoms with E-state index in [-0.39, 0.29) is 12.5 Å². The molecule has 0 aliphatic carbocycles. The molecule has 0 bridgehead atoms. The molecule has 0 spiro atoms. The number of nitrogens with zero attached hydrogens (tertiary/aromatic N) is 1. The molecule has 0 atom stereocenters. The van der Waals surface area contributed by atoms with Crippen LogP contribution in [0.3, 0.4) is 0 Å². The number of carbonyl (C=O) groups excluding carboxylic acids is 1. The number of amides is 1. The van der Waals surface area contributed by atoms with E-state index >= 15 is 0 Å². The third-order valence-corrected chi connectivity index (χ3v) is 2.19. The van der Waals surface area contributed by atoms with Crippen molar-refractivity contribution in [2.45, 2.75) is 6.92 Å². The van der Waals surface area contributed by atoms with Crippen LogP contribution in [0.25, 0.3) is 0 Å². The summed E-state index contributed by atoms with van der Waals surface area (Å²) in [6, 6.07) is 9.60. The van der Waals surface area contributed by atoms with Gasteiger partial charge in [-0.25, -0.2) is 0 Å². The van der Waals surface area contributed by atoms with Crippen molar-refractivity contribution in [3.05, 3.63) is 30.3 Å². The maximum absolute atomic E-state index is 11.8. The van der Waals surface area contributed by atoms with Gasteiger partial charge in [0.05, 0.1) is 13.1 Å². The topological polar surface area (TPSA) is 32.3 Å². The van der Waals surface area contributed by atoms with Crippen molar-refractivity contribution >= 4 is 11.6 Å². The number of benzene rings is 1. The van der Waals surface area contributed by atoms with Gasteiger partial charge in [0, 0.05) is 12.2 Å². The average Bonchev–Trinajstić information content (AvgIpc) is 2.32. The number of hydrogen-bond acceptors (Lipinski definition) is 2. The third-order valence-electron chi connectivity index (χ3n) is 2.19. The van der Waals surface area contributed by atoms with Gasteiger partial charge in [0.2, 0.25) is 5.91 Å². The molecular weight excluding hydrogens is 200 g/mol. The Morgan fingerprint density at radius 1 is 1.44 bits per heavy atom. The summed E-state index contributed by atoms with van der Waals surface area (Å²) in [5.74, 6) is 2.47. The van der Waals surface area contributed by atoms with Crippen molar-refractivity contribution in [2.24, 2.45) is 0 Å². The van der Waals surface area contributed by atoms with E-state index < -0.39 is 0 Å². The Morgan fingerprint density at radius 2 is 2.12 bits per heavy atom. The molecule has 16 heavy (non-hydrogen) atoms. The van der Waals surface area contributed by atoms with Gasteiger partial charge in [0.1, 0.15) is 0 Å². The lowest BCUT2D eigenvalue weighted by atomic mass is 10.3. The molecule has 0 unspecified atom stereocenters. The first-order valence-corrected chi connectivity index (χ1v) is 5.29. The van der Waals surface area contributed by atoms with E-state index in [1.54, 1.807) is 4.90 Å². The Bertz CT molecular complexity index is 367. The summed E-state index contributed by atoms with van der Waals surface area (Å²) < 4.78 is 0. The zero-order chi connectivity index (χ0) is 11.8. The first kappa shape index (κ1) is 12.3. The Balaban J connectivity index is 2.61. The monoisotopic (exact) mass is 216 g/mol. The second-order valence-corrected chi connectivity index (χ2v) is 3.28. The van der Waals surface area contributed by atoms with Crippen LogP contribution in [-0.4, -0.2) is 25.5 Å². The zero-order valence-corrected chi connectivity index (χ0v) is 9.44. The predicted octanol–water partition coefficient (Wildman–Crippen LogP) is 1.26. The lowest BCUT2D eigenvalue weighted by Crippen LogP contribution is -2.38. The molecule has 1 amide bonds. The average molecular weight is 216 g/mol. The first-order chi connectivity index (χ1) is 7.79. The number of likely N-dealkylation sites (N-methyl/N-ethyl adjacent to an activating group) is 1. The molecule has 0 saturated heterocycles. The third kappa shape index (κ3) is 3.41. The lowest BCUT2D eigenvalue weighted by molar-refractivity contribution is -0.117. The zero-order valence-electron chi connectivity index (χ0n) is 9.44. The van der Waals surface area contributed by atoms with Crippen LogP contribution in [0.15, 0.2) is 30.3 Å². The number of rotatable bonds is 5. The fraction of sp³-hybridized carbons (Fsp3) is 0.308. The summed E-state index contributed by atoms with van der Waals surface area (Å²) in [5, 5.41) is 2.89. The van der Waals surface area contributed by atoms with E-state index in [1.165, 1.54) is 0 Å². The van der Waals surface area contributed by atoms with Crippen LogP contribution in [0.2, 0.25) is 0 Å². The van der Waals surface area contributed by atoms with Gasteiger partial charge in [-0.1, -0.05) is 24.1 Å². The Kier molecular flexibility index (Phi) is 5.10. The van der Waals surface area contributed by atoms with Crippen LogP contribution in [-0.2, 0) is 4.79 Å². The second-order valence-electron chi connectivity index (χ2n) is 3.28. The van der Waals surface area contributed by atoms with E-state index in [4.69, 9.17) is 6.42 Å². The number of anilines is 1. The maximum atomic E-state index is 11.8. The molecule has 0 aromatic heterocycles. The quantitative estimate of drug-likeness (QED) is 0.593. The maximum Gasteiger partial charge on any atom is 0.240 e. The summed E-state index contributed by atoms with van der Waals surface area (Å²) in [5.41, 5.74) is 0.914. The van der Waals surface area contributed by atoms with E-state index in [0.29, 0.717) is 13.1 Å². The Morgan fingerprint density at radius 3 is 2.69 bits per heavy atom. The SMILES string of the molecule is C#CCNCC(=O)N(CC)c1ccccc1. The van der Waals surface area contributed by atoms with Crippen LogP contribution in [0.5, 0.6) is 0 Å². The Labute approximate surface area is 96.5 Å². The molecule has 0 radical (unpaired) electrons. The molecular formula is C13H16N2O. The minimum absolute atomic E-state index is 0.0314. The highest BCUT2D eigenvalue weighted by Gasteiger charge is 2.12. The molecule has 1 aromatic carbocycles. The number of para-hydroxylation sites is 1. The van der Waals surface area contributed by atoms with Crippen LogP contribution < -0.4 is 10.2 Å². The highest BCUT2D eigenvalue weighted by molar-refractivity contribution is 5.94. The number of carbonyl (C=O) groups is 1. The van der Waals surface area contributed by atoms with Crippen molar-refractivity contribution in [1.29, 1.82) is 0 Å². The van der Waals surface area contributed by atoms with E-state index in [0.717, 1.165) is 5.69 Å². The van der Waals surface area contributed by atoms with Gasteiger partial charge in [-0.2, -0.15) is 0 Å². The van der Waals surface area contributed by atoms with Crippen molar-refractivity contribution in [3.63, 3.8) is 0 Å². The molecule has 3 heteroatoms. The first-order valence-electron chi connectivity index (χ1n) is 5.29. The predicted molar refractivity (Wildman–Crippen MR) is 66.2 cm³/mol. The fourth-order valence-electron chi connectivity index (χ4n) is 1.45. The smallest absolute Gasteiger partial charge is 0.240 e. The molecule has 0 aliphatic rings. The van der Waals surface area contributed by atoms with E-state index in [1.807, 2.05) is 37.3 Å². The van der Waals surface area contributed by atoms with Crippen LogP contribution in [0, 0.1) is 12.3 Å². The van der Waals surface area contributed by atoms with Gasteiger partial charge in [-0.05, 0) is 19.1 Å². The van der Waals surface area contributed by atoms with Crippen LogP contribution >= 0.6 is 0 Å². The van der Waals surface area contributed by atoms with Gasteiger partial charge in [0.15, 0.2) is 0 Å². The molecule has 1 N–H and O–H groups in total. The molecule has 3 nitrogen and oxygen atoms in total. The normalized spacial score (nSPS) is 9.50. The number of hydrogen-bond donors (Lipinski definition) is 1. The molecule has 0 aliphatic heterocycles. The summed E-state index contributed by atoms with van der Waals surface area (Å²) in [6.07, 6.45) is 5.10. The summed E-state index contributed by atoms with van der Waals surface area (Å²) in [4.78, 5) is 13.6. The minimum atomic E-state index is 0.0314. The van der Waals surface area contributed by atoms with Gasteiger partial charge < -0.3 is 4.90 Å². The van der Waals surface area contributed by atoms with Crippen molar-refractivity contribution in [2.75, 3.05) is 24.5 Å². The highest BCUT2D eigenvalue weighted by Crippen LogP contribution is 2.12. The summed E-state index contributed by atoms with van der Waals surface area (Å²) in [7, 11) is 0. The van der Waals surface area contributed by atoms with Gasteiger partial charge in [0.25, 0.3) is 0 Å². The summed E-state index contributed by atoms with van der Waals surface area (Å²) in [6.45, 7) is 3.29. The molecule has 0 fully saturated rings. The van der Waals surface area contributed by atoms with Gasteiger partial charge in [-0.3, -0.25) is 10.1 Å². The minimum Gasteiger partial charge on any atom is -0.312 e. The van der Waals surface area contributed by atoms with Crippen LogP contribution in [0.1, 0.15) is 6.92 Å². The molecule has 0 heterocycles. The fourth-order valence-corrected chi connectivity index (χ4v) is 1.45. The largest absolute Gasteiger partial charge is 0.312 e.